The number of piperidine rings is 1. The molecule has 1 aliphatic rings. The molecule has 0 aromatic rings. The Kier molecular flexibility index (Phi) is 5.21. The van der Waals surface area contributed by atoms with Crippen LogP contribution in [0, 0.1) is 0 Å². The molecule has 2 unspecified atom stereocenters. The minimum Gasteiger partial charge on any atom is -0.316 e. The van der Waals surface area contributed by atoms with Gasteiger partial charge in [0, 0.05) is 24.9 Å². The molecule has 0 spiro atoms. The van der Waals surface area contributed by atoms with E-state index in [2.05, 4.69) is 17.1 Å². The third kappa shape index (κ3) is 4.39. The smallest absolute Gasteiger partial charge is 0.148 e. The first-order chi connectivity index (χ1) is 7.44. The maximum absolute atomic E-state index is 11.2. The molecule has 4 nitrogen and oxygen atoms in total. The first-order valence-corrected chi connectivity index (χ1v) is 8.09. The molecule has 5 heteroatoms. The summed E-state index contributed by atoms with van der Waals surface area (Å²) in [6.07, 6.45) is 4.93. The zero-order valence-electron chi connectivity index (χ0n) is 10.6. The van der Waals surface area contributed by atoms with Crippen LogP contribution in [0.4, 0.5) is 0 Å². The second kappa shape index (κ2) is 5.98. The van der Waals surface area contributed by atoms with Crippen LogP contribution in [0.3, 0.4) is 0 Å². The van der Waals surface area contributed by atoms with Crippen LogP contribution in [0.1, 0.15) is 26.2 Å². The lowest BCUT2D eigenvalue weighted by Gasteiger charge is -2.39. The van der Waals surface area contributed by atoms with Crippen LogP contribution in [0.5, 0.6) is 0 Å². The summed E-state index contributed by atoms with van der Waals surface area (Å²) in [5.41, 5.74) is 0. The molecule has 1 N–H and O–H groups in total. The van der Waals surface area contributed by atoms with Crippen molar-refractivity contribution in [3.8, 4) is 0 Å². The van der Waals surface area contributed by atoms with Crippen molar-refractivity contribution in [1.82, 2.24) is 10.2 Å². The average Bonchev–Trinajstić information content (AvgIpc) is 2.25. The van der Waals surface area contributed by atoms with E-state index in [1.165, 1.54) is 25.5 Å². The quantitative estimate of drug-likeness (QED) is 0.769. The number of nitrogens with zero attached hydrogens (tertiary/aromatic N) is 1. The number of hydrogen-bond donors (Lipinski definition) is 1. The number of likely N-dealkylation sites (tertiary alicyclic amines) is 1. The molecule has 0 aromatic heterocycles. The van der Waals surface area contributed by atoms with Gasteiger partial charge in [0.1, 0.15) is 9.84 Å². The molecule has 1 saturated heterocycles. The molecule has 1 aliphatic heterocycles. The van der Waals surface area contributed by atoms with Crippen LogP contribution in [0.15, 0.2) is 0 Å². The second-order valence-electron chi connectivity index (χ2n) is 4.81. The fraction of sp³-hybridized carbons (Fsp3) is 1.00. The second-order valence-corrected chi connectivity index (χ2v) is 7.07. The summed E-state index contributed by atoms with van der Waals surface area (Å²) in [5.74, 6) is 0.278. The highest BCUT2D eigenvalue weighted by Crippen LogP contribution is 2.19. The number of hydrogen-bond acceptors (Lipinski definition) is 4. The monoisotopic (exact) mass is 248 g/mol. The van der Waals surface area contributed by atoms with E-state index >= 15 is 0 Å². The molecule has 16 heavy (non-hydrogen) atoms. The number of rotatable bonds is 5. The molecule has 0 aliphatic carbocycles. The Hall–Kier alpha value is -0.130. The van der Waals surface area contributed by atoms with Crippen LogP contribution >= 0.6 is 0 Å². The maximum Gasteiger partial charge on any atom is 0.148 e. The molecule has 0 aromatic carbocycles. The summed E-state index contributed by atoms with van der Waals surface area (Å²) >= 11 is 0. The highest BCUT2D eigenvalue weighted by Gasteiger charge is 2.26. The van der Waals surface area contributed by atoms with Gasteiger partial charge in [-0.15, -0.1) is 0 Å². The average molecular weight is 248 g/mol. The van der Waals surface area contributed by atoms with Gasteiger partial charge in [-0.2, -0.15) is 0 Å². The topological polar surface area (TPSA) is 49.4 Å². The zero-order chi connectivity index (χ0) is 12.2. The molecule has 2 atom stereocenters. The van der Waals surface area contributed by atoms with E-state index in [4.69, 9.17) is 0 Å². The SMILES string of the molecule is CNC(C)C1CCCCN1CCS(C)(=O)=O. The van der Waals surface area contributed by atoms with E-state index in [0.29, 0.717) is 18.6 Å². The first-order valence-electron chi connectivity index (χ1n) is 6.03. The van der Waals surface area contributed by atoms with Gasteiger partial charge in [-0.3, -0.25) is 4.90 Å². The molecule has 0 bridgehead atoms. The number of nitrogens with one attached hydrogen (secondary N) is 1. The number of likely N-dealkylation sites (N-methyl/N-ethyl adjacent to an activating group) is 1. The van der Waals surface area contributed by atoms with Crippen LogP contribution in [-0.2, 0) is 9.84 Å². The number of sulfone groups is 1. The van der Waals surface area contributed by atoms with Crippen LogP contribution < -0.4 is 5.32 Å². The molecular formula is C11H24N2O2S. The lowest BCUT2D eigenvalue weighted by atomic mass is 9.97. The molecule has 1 heterocycles. The van der Waals surface area contributed by atoms with Crippen molar-refractivity contribution in [2.75, 3.05) is 32.1 Å². The van der Waals surface area contributed by atoms with Crippen molar-refractivity contribution in [2.45, 2.75) is 38.3 Å². The molecule has 1 rings (SSSR count). The largest absolute Gasteiger partial charge is 0.316 e. The fourth-order valence-corrected chi connectivity index (χ4v) is 2.90. The van der Waals surface area contributed by atoms with E-state index in [9.17, 15) is 8.42 Å². The van der Waals surface area contributed by atoms with E-state index in [1.807, 2.05) is 7.05 Å². The highest BCUT2D eigenvalue weighted by molar-refractivity contribution is 7.90. The van der Waals surface area contributed by atoms with E-state index in [0.717, 1.165) is 6.54 Å². The minimum atomic E-state index is -2.84. The Morgan fingerprint density at radius 2 is 2.12 bits per heavy atom. The Balaban J connectivity index is 2.53. The molecule has 0 amide bonds. The van der Waals surface area contributed by atoms with Crippen LogP contribution in [-0.4, -0.2) is 57.5 Å². The molecule has 1 fully saturated rings. The van der Waals surface area contributed by atoms with Gasteiger partial charge in [-0.25, -0.2) is 8.42 Å². The van der Waals surface area contributed by atoms with Crippen molar-refractivity contribution >= 4 is 9.84 Å². The highest BCUT2D eigenvalue weighted by atomic mass is 32.2. The molecular weight excluding hydrogens is 224 g/mol. The van der Waals surface area contributed by atoms with Gasteiger partial charge in [-0.05, 0) is 33.4 Å². The lowest BCUT2D eigenvalue weighted by molar-refractivity contribution is 0.129. The van der Waals surface area contributed by atoms with Crippen molar-refractivity contribution in [3.05, 3.63) is 0 Å². The van der Waals surface area contributed by atoms with Gasteiger partial charge in [0.15, 0.2) is 0 Å². The van der Waals surface area contributed by atoms with Crippen molar-refractivity contribution in [3.63, 3.8) is 0 Å². The van der Waals surface area contributed by atoms with Crippen molar-refractivity contribution < 1.29 is 8.42 Å². The van der Waals surface area contributed by atoms with Gasteiger partial charge < -0.3 is 5.32 Å². The standard InChI is InChI=1S/C11H24N2O2S/c1-10(12-2)11-6-4-5-7-13(11)8-9-16(3,14)15/h10-12H,4-9H2,1-3H3. The van der Waals surface area contributed by atoms with Gasteiger partial charge in [0.2, 0.25) is 0 Å². The molecule has 96 valence electrons. The van der Waals surface area contributed by atoms with Crippen LogP contribution in [0.25, 0.3) is 0 Å². The Morgan fingerprint density at radius 3 is 2.69 bits per heavy atom. The van der Waals surface area contributed by atoms with Crippen LogP contribution in [0.2, 0.25) is 0 Å². The summed E-state index contributed by atoms with van der Waals surface area (Å²) < 4.78 is 22.4. The van der Waals surface area contributed by atoms with Gasteiger partial charge >= 0.3 is 0 Å². The lowest BCUT2D eigenvalue weighted by Crippen LogP contribution is -2.51. The molecule has 0 radical (unpaired) electrons. The summed E-state index contributed by atoms with van der Waals surface area (Å²) in [4.78, 5) is 2.33. The fourth-order valence-electron chi connectivity index (χ4n) is 2.34. The maximum atomic E-state index is 11.2. The van der Waals surface area contributed by atoms with Gasteiger partial charge in [0.25, 0.3) is 0 Å². The van der Waals surface area contributed by atoms with E-state index in [-0.39, 0.29) is 5.75 Å². The Bertz CT molecular complexity index is 303. The predicted molar refractivity (Wildman–Crippen MR) is 67.4 cm³/mol. The normalized spacial score (nSPS) is 25.6. The summed E-state index contributed by atoms with van der Waals surface area (Å²) in [5, 5.41) is 3.27. The van der Waals surface area contributed by atoms with Gasteiger partial charge in [-0.1, -0.05) is 6.42 Å². The zero-order valence-corrected chi connectivity index (χ0v) is 11.4. The Morgan fingerprint density at radius 1 is 1.44 bits per heavy atom. The van der Waals surface area contributed by atoms with E-state index in [1.54, 1.807) is 0 Å². The minimum absolute atomic E-state index is 0.278. The van der Waals surface area contributed by atoms with E-state index < -0.39 is 9.84 Å². The third-order valence-electron chi connectivity index (χ3n) is 3.45. The summed E-state index contributed by atoms with van der Waals surface area (Å²) in [6.45, 7) is 3.88. The van der Waals surface area contributed by atoms with Gasteiger partial charge in [0.05, 0.1) is 5.75 Å². The Labute approximate surface area is 99.3 Å². The first kappa shape index (κ1) is 13.9. The third-order valence-corrected chi connectivity index (χ3v) is 4.37. The molecule has 0 saturated carbocycles. The predicted octanol–water partition coefficient (Wildman–Crippen LogP) is 0.493. The van der Waals surface area contributed by atoms with Crippen molar-refractivity contribution in [2.24, 2.45) is 0 Å². The summed E-state index contributed by atoms with van der Waals surface area (Å²) in [6, 6.07) is 0.917. The summed E-state index contributed by atoms with van der Waals surface area (Å²) in [7, 11) is -0.875. The van der Waals surface area contributed by atoms with Crippen molar-refractivity contribution in [1.29, 1.82) is 0 Å².